The number of hydrogen-bond donors (Lipinski definition) is 1. The number of ether oxygens (including phenoxy) is 1. The lowest BCUT2D eigenvalue weighted by molar-refractivity contribution is -0.129. The number of carbonyl (C=O) groups excluding carboxylic acids is 1. The largest absolute Gasteiger partial charge is 0.492 e. The van der Waals surface area contributed by atoms with Crippen LogP contribution < -0.4 is 10.3 Å². The van der Waals surface area contributed by atoms with Gasteiger partial charge in [0.25, 0.3) is 5.56 Å². The molecule has 1 aromatic carbocycles. The number of H-pyrrole nitrogens is 1. The predicted octanol–water partition coefficient (Wildman–Crippen LogP) is 3.63. The molecule has 0 saturated heterocycles. The highest BCUT2D eigenvalue weighted by atomic mass is 32.2. The number of aromatic amines is 1. The van der Waals surface area contributed by atoms with Crippen molar-refractivity contribution in [1.82, 2.24) is 14.9 Å². The maximum absolute atomic E-state index is 12.5. The standard InChI is InChI=1S/C22H25N3O3S2/c1-25(11-12-28-15-6-3-2-4-7-15)19(26)10-13-29-14-18-23-21(27)20-16-8-5-9-17(16)30-22(20)24-18/h2-4,6-7H,5,8-14H2,1H3,(H,23,24,27). The molecule has 158 valence electrons. The normalized spacial score (nSPS) is 12.8. The molecule has 0 saturated carbocycles. The zero-order chi connectivity index (χ0) is 20.9. The van der Waals surface area contributed by atoms with Gasteiger partial charge in [0.05, 0.1) is 17.7 Å². The van der Waals surface area contributed by atoms with E-state index in [0.29, 0.717) is 36.9 Å². The molecule has 2 heterocycles. The maximum atomic E-state index is 12.5. The average Bonchev–Trinajstić information content (AvgIpc) is 3.32. The summed E-state index contributed by atoms with van der Waals surface area (Å²) < 4.78 is 5.64. The number of nitrogens with zero attached hydrogens (tertiary/aromatic N) is 2. The van der Waals surface area contributed by atoms with E-state index < -0.39 is 0 Å². The van der Waals surface area contributed by atoms with E-state index in [1.54, 1.807) is 35.0 Å². The van der Waals surface area contributed by atoms with Crippen molar-refractivity contribution in [3.05, 3.63) is 57.0 Å². The maximum Gasteiger partial charge on any atom is 0.259 e. The highest BCUT2D eigenvalue weighted by Gasteiger charge is 2.21. The molecule has 0 spiro atoms. The van der Waals surface area contributed by atoms with Gasteiger partial charge in [-0.05, 0) is 37.0 Å². The third-order valence-electron chi connectivity index (χ3n) is 5.19. The van der Waals surface area contributed by atoms with Crippen LogP contribution in [0, 0.1) is 0 Å². The van der Waals surface area contributed by atoms with Gasteiger partial charge < -0.3 is 14.6 Å². The summed E-state index contributed by atoms with van der Waals surface area (Å²) in [5, 5.41) is 0.788. The van der Waals surface area contributed by atoms with Crippen LogP contribution in [0.2, 0.25) is 0 Å². The third-order valence-corrected chi connectivity index (χ3v) is 7.34. The Labute approximate surface area is 183 Å². The third kappa shape index (κ3) is 4.87. The monoisotopic (exact) mass is 443 g/mol. The lowest BCUT2D eigenvalue weighted by Gasteiger charge is -2.17. The second kappa shape index (κ2) is 9.66. The number of carbonyl (C=O) groups is 1. The Morgan fingerprint density at radius 3 is 2.97 bits per heavy atom. The first-order valence-electron chi connectivity index (χ1n) is 10.1. The molecular formula is C22H25N3O3S2. The van der Waals surface area contributed by atoms with Gasteiger partial charge >= 0.3 is 0 Å². The Hall–Kier alpha value is -2.32. The van der Waals surface area contributed by atoms with Crippen molar-refractivity contribution in [2.24, 2.45) is 0 Å². The van der Waals surface area contributed by atoms with Crippen molar-refractivity contribution < 1.29 is 9.53 Å². The number of para-hydroxylation sites is 1. The SMILES string of the molecule is CN(CCOc1ccccc1)C(=O)CCSCc1nc2sc3c(c2c(=O)[nH]1)CCC3. The van der Waals surface area contributed by atoms with E-state index in [2.05, 4.69) is 9.97 Å². The highest BCUT2D eigenvalue weighted by molar-refractivity contribution is 7.98. The number of fused-ring (bicyclic) bond motifs is 3. The molecule has 1 N–H and O–H groups in total. The van der Waals surface area contributed by atoms with Crippen LogP contribution in [0.15, 0.2) is 35.1 Å². The first-order chi connectivity index (χ1) is 14.6. The Kier molecular flexibility index (Phi) is 6.74. The van der Waals surface area contributed by atoms with E-state index >= 15 is 0 Å². The molecule has 0 fully saturated rings. The number of thioether (sulfide) groups is 1. The number of likely N-dealkylation sites (N-methyl/N-ethyl adjacent to an activating group) is 1. The molecular weight excluding hydrogens is 418 g/mol. The van der Waals surface area contributed by atoms with Gasteiger partial charge in [-0.2, -0.15) is 11.8 Å². The summed E-state index contributed by atoms with van der Waals surface area (Å²) in [7, 11) is 1.80. The molecule has 3 aromatic rings. The van der Waals surface area contributed by atoms with Crippen LogP contribution in [0.3, 0.4) is 0 Å². The lowest BCUT2D eigenvalue weighted by Crippen LogP contribution is -2.31. The lowest BCUT2D eigenvalue weighted by atomic mass is 10.2. The zero-order valence-electron chi connectivity index (χ0n) is 17.0. The van der Waals surface area contributed by atoms with Crippen molar-refractivity contribution in [2.45, 2.75) is 31.4 Å². The van der Waals surface area contributed by atoms with Crippen molar-refractivity contribution >= 4 is 39.2 Å². The summed E-state index contributed by atoms with van der Waals surface area (Å²) >= 11 is 3.27. The molecule has 1 aliphatic rings. The van der Waals surface area contributed by atoms with Crippen molar-refractivity contribution in [2.75, 3.05) is 26.0 Å². The van der Waals surface area contributed by atoms with Crippen molar-refractivity contribution in [3.8, 4) is 5.75 Å². The molecule has 1 aliphatic carbocycles. The molecule has 8 heteroatoms. The van der Waals surface area contributed by atoms with E-state index in [1.165, 1.54) is 10.4 Å². The van der Waals surface area contributed by atoms with Gasteiger partial charge in [0, 0.05) is 24.1 Å². The molecule has 30 heavy (non-hydrogen) atoms. The van der Waals surface area contributed by atoms with Gasteiger partial charge in [0.2, 0.25) is 5.91 Å². The van der Waals surface area contributed by atoms with E-state index in [-0.39, 0.29) is 11.5 Å². The molecule has 2 aromatic heterocycles. The number of benzene rings is 1. The van der Waals surface area contributed by atoms with Gasteiger partial charge in [0.1, 0.15) is 23.0 Å². The summed E-state index contributed by atoms with van der Waals surface area (Å²) in [5.41, 5.74) is 1.18. The molecule has 0 radical (unpaired) electrons. The first-order valence-corrected chi connectivity index (χ1v) is 12.1. The number of aryl methyl sites for hydroxylation is 2. The minimum absolute atomic E-state index is 0.0239. The van der Waals surface area contributed by atoms with Crippen LogP contribution in [-0.2, 0) is 23.4 Å². The average molecular weight is 444 g/mol. The minimum atomic E-state index is -0.0239. The van der Waals surface area contributed by atoms with E-state index in [1.807, 2.05) is 30.3 Å². The quantitative estimate of drug-likeness (QED) is 0.511. The van der Waals surface area contributed by atoms with Crippen LogP contribution in [0.1, 0.15) is 29.1 Å². The summed E-state index contributed by atoms with van der Waals surface area (Å²) in [6.07, 6.45) is 3.63. The van der Waals surface area contributed by atoms with Crippen LogP contribution in [0.5, 0.6) is 5.75 Å². The fourth-order valence-electron chi connectivity index (χ4n) is 3.58. The van der Waals surface area contributed by atoms with E-state index in [9.17, 15) is 9.59 Å². The summed E-state index contributed by atoms with van der Waals surface area (Å²) in [4.78, 5) is 36.2. The molecule has 6 nitrogen and oxygen atoms in total. The van der Waals surface area contributed by atoms with Crippen molar-refractivity contribution in [1.29, 1.82) is 0 Å². The number of amides is 1. The van der Waals surface area contributed by atoms with E-state index in [0.717, 1.165) is 35.2 Å². The fraction of sp³-hybridized carbons (Fsp3) is 0.409. The second-order valence-electron chi connectivity index (χ2n) is 7.33. The van der Waals surface area contributed by atoms with Crippen LogP contribution in [0.4, 0.5) is 0 Å². The van der Waals surface area contributed by atoms with Crippen LogP contribution in [0.25, 0.3) is 10.2 Å². The molecule has 0 atom stereocenters. The summed E-state index contributed by atoms with van der Waals surface area (Å²) in [6.45, 7) is 1.02. The Balaban J connectivity index is 1.21. The number of thiophene rings is 1. The molecule has 0 unspecified atom stereocenters. The van der Waals surface area contributed by atoms with Gasteiger partial charge in [-0.15, -0.1) is 11.3 Å². The van der Waals surface area contributed by atoms with Crippen molar-refractivity contribution in [3.63, 3.8) is 0 Å². The minimum Gasteiger partial charge on any atom is -0.492 e. The molecule has 4 rings (SSSR count). The first kappa shape index (κ1) is 20.9. The smallest absolute Gasteiger partial charge is 0.259 e. The van der Waals surface area contributed by atoms with Crippen LogP contribution in [-0.4, -0.2) is 46.7 Å². The number of nitrogens with one attached hydrogen (secondary N) is 1. The fourth-order valence-corrected chi connectivity index (χ4v) is 5.65. The Morgan fingerprint density at radius 1 is 1.30 bits per heavy atom. The van der Waals surface area contributed by atoms with Gasteiger partial charge in [0.15, 0.2) is 0 Å². The number of hydrogen-bond acceptors (Lipinski definition) is 6. The highest BCUT2D eigenvalue weighted by Crippen LogP contribution is 2.34. The van der Waals surface area contributed by atoms with E-state index in [4.69, 9.17) is 4.74 Å². The Bertz CT molecular complexity index is 1080. The zero-order valence-corrected chi connectivity index (χ0v) is 18.6. The number of rotatable bonds is 9. The topological polar surface area (TPSA) is 75.3 Å². The second-order valence-corrected chi connectivity index (χ2v) is 9.52. The summed E-state index contributed by atoms with van der Waals surface area (Å²) in [5.74, 6) is 2.87. The van der Waals surface area contributed by atoms with Gasteiger partial charge in [-0.3, -0.25) is 9.59 Å². The van der Waals surface area contributed by atoms with Gasteiger partial charge in [-0.1, -0.05) is 18.2 Å². The van der Waals surface area contributed by atoms with Gasteiger partial charge in [-0.25, -0.2) is 4.98 Å². The Morgan fingerprint density at radius 2 is 2.13 bits per heavy atom. The molecule has 0 bridgehead atoms. The molecule has 0 aliphatic heterocycles. The number of aromatic nitrogens is 2. The summed E-state index contributed by atoms with van der Waals surface area (Å²) in [6, 6.07) is 9.59. The molecule has 1 amide bonds. The predicted molar refractivity (Wildman–Crippen MR) is 123 cm³/mol. The van der Waals surface area contributed by atoms with Crippen LogP contribution >= 0.6 is 23.1 Å².